The molecule has 1 aromatic carbocycles. The highest BCUT2D eigenvalue weighted by atomic mass is 16.2. The van der Waals surface area contributed by atoms with Crippen molar-refractivity contribution < 1.29 is 9.59 Å². The van der Waals surface area contributed by atoms with Crippen molar-refractivity contribution in [3.63, 3.8) is 0 Å². The Morgan fingerprint density at radius 1 is 1.10 bits per heavy atom. The van der Waals surface area contributed by atoms with Gasteiger partial charge < -0.3 is 5.32 Å². The fourth-order valence-electron chi connectivity index (χ4n) is 2.88. The molecule has 21 heavy (non-hydrogen) atoms. The molecule has 1 heterocycles. The quantitative estimate of drug-likeness (QED) is 0.748. The third-order valence-corrected chi connectivity index (χ3v) is 4.25. The Morgan fingerprint density at radius 2 is 1.71 bits per heavy atom. The topological polar surface area (TPSA) is 49.4 Å². The van der Waals surface area contributed by atoms with Gasteiger partial charge in [-0.2, -0.15) is 0 Å². The minimum atomic E-state index is -0.140. The van der Waals surface area contributed by atoms with E-state index in [1.54, 1.807) is 24.3 Å². The average molecular weight is 288 g/mol. The van der Waals surface area contributed by atoms with Gasteiger partial charge in [0.25, 0.3) is 11.8 Å². The van der Waals surface area contributed by atoms with Crippen molar-refractivity contribution in [3.05, 3.63) is 35.4 Å². The van der Waals surface area contributed by atoms with Crippen LogP contribution in [0.4, 0.5) is 0 Å². The number of benzene rings is 1. The second-order valence-electron chi connectivity index (χ2n) is 5.62. The average Bonchev–Trinajstić information content (AvgIpc) is 2.76. The number of hydrogen-bond acceptors (Lipinski definition) is 3. The van der Waals surface area contributed by atoms with E-state index in [0.717, 1.165) is 32.2 Å². The summed E-state index contributed by atoms with van der Waals surface area (Å²) in [6.45, 7) is 3.75. The molecule has 0 radical (unpaired) electrons. The number of carbonyl (C=O) groups excluding carboxylic acids is 2. The summed E-state index contributed by atoms with van der Waals surface area (Å²) >= 11 is 0. The van der Waals surface area contributed by atoms with Gasteiger partial charge in [-0.15, -0.1) is 0 Å². The zero-order chi connectivity index (χ0) is 15.2. The Hall–Kier alpha value is -1.68. The van der Waals surface area contributed by atoms with Crippen molar-refractivity contribution in [2.24, 2.45) is 5.92 Å². The van der Waals surface area contributed by atoms with Crippen LogP contribution in [0.2, 0.25) is 0 Å². The molecule has 1 atom stereocenters. The summed E-state index contributed by atoms with van der Waals surface area (Å²) in [6, 6.07) is 7.07. The van der Waals surface area contributed by atoms with Gasteiger partial charge in [-0.1, -0.05) is 25.5 Å². The van der Waals surface area contributed by atoms with Gasteiger partial charge in [0.1, 0.15) is 0 Å². The molecule has 0 saturated heterocycles. The van der Waals surface area contributed by atoms with E-state index < -0.39 is 0 Å². The van der Waals surface area contributed by atoms with Crippen LogP contribution in [0.5, 0.6) is 0 Å². The van der Waals surface area contributed by atoms with Crippen LogP contribution in [0.15, 0.2) is 24.3 Å². The Kier molecular flexibility index (Phi) is 5.51. The van der Waals surface area contributed by atoms with Crippen LogP contribution in [0.1, 0.15) is 53.3 Å². The van der Waals surface area contributed by atoms with Crippen LogP contribution in [0, 0.1) is 5.92 Å². The molecule has 1 N–H and O–H groups in total. The van der Waals surface area contributed by atoms with E-state index in [1.165, 1.54) is 4.90 Å². The molecule has 1 unspecified atom stereocenters. The first-order chi connectivity index (χ1) is 10.2. The summed E-state index contributed by atoms with van der Waals surface area (Å²) in [5.41, 5.74) is 1.09. The summed E-state index contributed by atoms with van der Waals surface area (Å²) in [4.78, 5) is 25.8. The first-order valence-electron chi connectivity index (χ1n) is 7.78. The van der Waals surface area contributed by atoms with Crippen molar-refractivity contribution in [3.8, 4) is 0 Å². The lowest BCUT2D eigenvalue weighted by Gasteiger charge is -2.17. The van der Waals surface area contributed by atoms with Crippen LogP contribution < -0.4 is 5.32 Å². The summed E-state index contributed by atoms with van der Waals surface area (Å²) in [7, 11) is 1.96. The first kappa shape index (κ1) is 15.7. The number of carbonyl (C=O) groups is 2. The Labute approximate surface area is 126 Å². The highest BCUT2D eigenvalue weighted by Crippen LogP contribution is 2.23. The molecule has 1 aromatic rings. The van der Waals surface area contributed by atoms with Crippen molar-refractivity contribution in [2.45, 2.75) is 32.6 Å². The molecule has 4 nitrogen and oxygen atoms in total. The lowest BCUT2D eigenvalue weighted by atomic mass is 9.96. The lowest BCUT2D eigenvalue weighted by Crippen LogP contribution is -2.31. The number of hydrogen-bond donors (Lipinski definition) is 1. The molecule has 2 rings (SSSR count). The third kappa shape index (κ3) is 3.50. The van der Waals surface area contributed by atoms with Crippen LogP contribution in [0.25, 0.3) is 0 Å². The lowest BCUT2D eigenvalue weighted by molar-refractivity contribution is 0.0649. The molecular formula is C17H24N2O2. The van der Waals surface area contributed by atoms with Crippen LogP contribution in [0.3, 0.4) is 0 Å². The van der Waals surface area contributed by atoms with Gasteiger partial charge in [0, 0.05) is 6.54 Å². The molecule has 2 amide bonds. The van der Waals surface area contributed by atoms with E-state index in [4.69, 9.17) is 0 Å². The van der Waals surface area contributed by atoms with E-state index >= 15 is 0 Å². The molecule has 0 spiro atoms. The second-order valence-corrected chi connectivity index (χ2v) is 5.62. The number of nitrogens with one attached hydrogen (secondary N) is 1. The Bertz CT molecular complexity index is 478. The highest BCUT2D eigenvalue weighted by Gasteiger charge is 2.34. The van der Waals surface area contributed by atoms with Crippen LogP contribution in [-0.4, -0.2) is 36.9 Å². The van der Waals surface area contributed by atoms with Gasteiger partial charge in [-0.3, -0.25) is 14.5 Å². The van der Waals surface area contributed by atoms with E-state index in [9.17, 15) is 9.59 Å². The molecule has 0 aromatic heterocycles. The van der Waals surface area contributed by atoms with E-state index in [-0.39, 0.29) is 11.8 Å². The molecule has 0 fully saturated rings. The number of amides is 2. The summed E-state index contributed by atoms with van der Waals surface area (Å²) < 4.78 is 0. The number of fused-ring (bicyclic) bond motifs is 1. The fraction of sp³-hybridized carbons (Fsp3) is 0.529. The molecule has 0 saturated carbocycles. The predicted molar refractivity (Wildman–Crippen MR) is 83.4 cm³/mol. The maximum Gasteiger partial charge on any atom is 0.261 e. The smallest absolute Gasteiger partial charge is 0.261 e. The zero-order valence-corrected chi connectivity index (χ0v) is 12.9. The zero-order valence-electron chi connectivity index (χ0n) is 12.9. The molecule has 1 aliphatic rings. The van der Waals surface area contributed by atoms with Gasteiger partial charge >= 0.3 is 0 Å². The summed E-state index contributed by atoms with van der Waals surface area (Å²) in [5, 5.41) is 3.17. The SMILES string of the molecule is CCC(CCCN1C(=O)c2ccccc2C1=O)CCNC. The second kappa shape index (κ2) is 7.36. The normalized spacial score (nSPS) is 15.4. The van der Waals surface area contributed by atoms with E-state index in [0.29, 0.717) is 23.6 Å². The minimum Gasteiger partial charge on any atom is -0.320 e. The summed E-state index contributed by atoms with van der Waals surface area (Å²) in [5.74, 6) is 0.380. The van der Waals surface area contributed by atoms with Crippen molar-refractivity contribution in [1.82, 2.24) is 10.2 Å². The number of rotatable bonds is 8. The van der Waals surface area contributed by atoms with Crippen molar-refractivity contribution >= 4 is 11.8 Å². The van der Waals surface area contributed by atoms with E-state index in [1.807, 2.05) is 7.05 Å². The van der Waals surface area contributed by atoms with Crippen LogP contribution >= 0.6 is 0 Å². The number of imide groups is 1. The Balaban J connectivity index is 1.88. The van der Waals surface area contributed by atoms with Crippen molar-refractivity contribution in [1.29, 1.82) is 0 Å². The predicted octanol–water partition coefficient (Wildman–Crippen LogP) is 2.70. The molecule has 0 aliphatic carbocycles. The van der Waals surface area contributed by atoms with Gasteiger partial charge in [-0.05, 0) is 50.9 Å². The molecule has 4 heteroatoms. The first-order valence-corrected chi connectivity index (χ1v) is 7.78. The number of nitrogens with zero attached hydrogens (tertiary/aromatic N) is 1. The fourth-order valence-corrected chi connectivity index (χ4v) is 2.88. The maximum absolute atomic E-state index is 12.2. The van der Waals surface area contributed by atoms with Gasteiger partial charge in [-0.25, -0.2) is 0 Å². The van der Waals surface area contributed by atoms with Gasteiger partial charge in [0.05, 0.1) is 11.1 Å². The molecule has 114 valence electrons. The van der Waals surface area contributed by atoms with Crippen LogP contribution in [-0.2, 0) is 0 Å². The molecular weight excluding hydrogens is 264 g/mol. The molecule has 0 bridgehead atoms. The molecule has 1 aliphatic heterocycles. The largest absolute Gasteiger partial charge is 0.320 e. The standard InChI is InChI=1S/C17H24N2O2/c1-3-13(10-11-18-2)7-6-12-19-16(20)14-8-4-5-9-15(14)17(19)21/h4-5,8-9,13,18H,3,6-7,10-12H2,1-2H3. The van der Waals surface area contributed by atoms with Gasteiger partial charge in [0.15, 0.2) is 0 Å². The maximum atomic E-state index is 12.2. The monoisotopic (exact) mass is 288 g/mol. The third-order valence-electron chi connectivity index (χ3n) is 4.25. The Morgan fingerprint density at radius 3 is 2.24 bits per heavy atom. The van der Waals surface area contributed by atoms with Gasteiger partial charge in [0.2, 0.25) is 0 Å². The van der Waals surface area contributed by atoms with Crippen molar-refractivity contribution in [2.75, 3.05) is 20.1 Å². The minimum absolute atomic E-state index is 0.140. The highest BCUT2D eigenvalue weighted by molar-refractivity contribution is 6.21. The van der Waals surface area contributed by atoms with E-state index in [2.05, 4.69) is 12.2 Å². The summed E-state index contributed by atoms with van der Waals surface area (Å²) in [6.07, 6.45) is 4.23.